The van der Waals surface area contributed by atoms with Crippen LogP contribution in [-0.2, 0) is 4.79 Å². The van der Waals surface area contributed by atoms with Crippen LogP contribution in [0, 0.1) is 0 Å². The Morgan fingerprint density at radius 1 is 1.40 bits per heavy atom. The highest BCUT2D eigenvalue weighted by molar-refractivity contribution is 5.72. The molecule has 0 unspecified atom stereocenters. The summed E-state index contributed by atoms with van der Waals surface area (Å²) in [5.74, 6) is 0.908. The van der Waals surface area contributed by atoms with Gasteiger partial charge in [0.1, 0.15) is 11.6 Å². The van der Waals surface area contributed by atoms with Gasteiger partial charge in [0.05, 0.1) is 0 Å². The molecular formula is C8H14N6O. The van der Waals surface area contributed by atoms with Crippen molar-refractivity contribution in [2.45, 2.75) is 6.92 Å². The molecule has 1 rings (SSSR count). The molecule has 0 radical (unpaired) electrons. The Hall–Kier alpha value is -2.05. The number of rotatable bonds is 4. The van der Waals surface area contributed by atoms with Crippen LogP contribution in [0.15, 0.2) is 6.07 Å². The van der Waals surface area contributed by atoms with E-state index in [2.05, 4.69) is 20.6 Å². The Morgan fingerprint density at radius 3 is 2.73 bits per heavy atom. The quantitative estimate of drug-likeness (QED) is 0.482. The van der Waals surface area contributed by atoms with Crippen molar-refractivity contribution in [2.75, 3.05) is 29.9 Å². The molecule has 1 aromatic heterocycles. The molecule has 0 aromatic carbocycles. The summed E-state index contributed by atoms with van der Waals surface area (Å²) in [7, 11) is 0. The molecule has 7 heteroatoms. The lowest BCUT2D eigenvalue weighted by Gasteiger charge is -2.06. The third-order valence-electron chi connectivity index (χ3n) is 1.57. The van der Waals surface area contributed by atoms with Crippen LogP contribution in [0.4, 0.5) is 17.6 Å². The SMILES string of the molecule is CC(=O)NCCNc1cc(N)nc(N)n1. The first kappa shape index (κ1) is 11.0. The van der Waals surface area contributed by atoms with Crippen molar-refractivity contribution < 1.29 is 4.79 Å². The highest BCUT2D eigenvalue weighted by Crippen LogP contribution is 2.08. The lowest BCUT2D eigenvalue weighted by molar-refractivity contribution is -0.118. The predicted molar refractivity (Wildman–Crippen MR) is 58.0 cm³/mol. The van der Waals surface area contributed by atoms with Gasteiger partial charge in [-0.1, -0.05) is 0 Å². The van der Waals surface area contributed by atoms with E-state index >= 15 is 0 Å². The van der Waals surface area contributed by atoms with Crippen molar-refractivity contribution in [3.8, 4) is 0 Å². The molecule has 0 bridgehead atoms. The average molecular weight is 210 g/mol. The number of nitrogen functional groups attached to an aromatic ring is 2. The number of carbonyl (C=O) groups is 1. The zero-order valence-corrected chi connectivity index (χ0v) is 8.45. The largest absolute Gasteiger partial charge is 0.383 e. The number of aromatic nitrogens is 2. The Labute approximate surface area is 87.3 Å². The first-order valence-electron chi connectivity index (χ1n) is 4.46. The monoisotopic (exact) mass is 210 g/mol. The van der Waals surface area contributed by atoms with Gasteiger partial charge in [0.25, 0.3) is 0 Å². The Kier molecular flexibility index (Phi) is 3.67. The van der Waals surface area contributed by atoms with E-state index in [0.29, 0.717) is 24.7 Å². The van der Waals surface area contributed by atoms with E-state index in [1.165, 1.54) is 6.92 Å². The first-order valence-corrected chi connectivity index (χ1v) is 4.46. The van der Waals surface area contributed by atoms with Gasteiger partial charge in [0.15, 0.2) is 0 Å². The third-order valence-corrected chi connectivity index (χ3v) is 1.57. The normalized spacial score (nSPS) is 9.67. The minimum absolute atomic E-state index is 0.0708. The zero-order chi connectivity index (χ0) is 11.3. The number of nitrogens with zero attached hydrogens (tertiary/aromatic N) is 2. The van der Waals surface area contributed by atoms with Crippen LogP contribution in [0.5, 0.6) is 0 Å². The van der Waals surface area contributed by atoms with Crippen molar-refractivity contribution in [3.05, 3.63) is 6.07 Å². The summed E-state index contributed by atoms with van der Waals surface area (Å²) in [6, 6.07) is 1.57. The second kappa shape index (κ2) is 4.99. The maximum absolute atomic E-state index is 10.6. The predicted octanol–water partition coefficient (Wildman–Crippen LogP) is -0.811. The van der Waals surface area contributed by atoms with E-state index in [4.69, 9.17) is 11.5 Å². The van der Waals surface area contributed by atoms with Crippen molar-refractivity contribution in [1.29, 1.82) is 0 Å². The number of hydrogen-bond donors (Lipinski definition) is 4. The Morgan fingerprint density at radius 2 is 2.13 bits per heavy atom. The number of anilines is 3. The fraction of sp³-hybridized carbons (Fsp3) is 0.375. The fourth-order valence-corrected chi connectivity index (χ4v) is 1.00. The molecule has 0 fully saturated rings. The van der Waals surface area contributed by atoms with Crippen LogP contribution in [0.2, 0.25) is 0 Å². The smallest absolute Gasteiger partial charge is 0.223 e. The highest BCUT2D eigenvalue weighted by atomic mass is 16.1. The molecule has 1 amide bonds. The molecule has 0 aliphatic carbocycles. The number of carbonyl (C=O) groups excluding carboxylic acids is 1. The average Bonchev–Trinajstić information content (AvgIpc) is 2.10. The minimum atomic E-state index is -0.0708. The molecule has 82 valence electrons. The summed E-state index contributed by atoms with van der Waals surface area (Å²) < 4.78 is 0. The Bertz CT molecular complexity index is 333. The second-order valence-corrected chi connectivity index (χ2v) is 2.95. The first-order chi connectivity index (χ1) is 7.08. The van der Waals surface area contributed by atoms with Crippen LogP contribution in [0.1, 0.15) is 6.92 Å². The van der Waals surface area contributed by atoms with E-state index in [-0.39, 0.29) is 11.9 Å². The van der Waals surface area contributed by atoms with Gasteiger partial charge < -0.3 is 22.1 Å². The van der Waals surface area contributed by atoms with Crippen molar-refractivity contribution >= 4 is 23.5 Å². The van der Waals surface area contributed by atoms with E-state index < -0.39 is 0 Å². The van der Waals surface area contributed by atoms with E-state index in [9.17, 15) is 4.79 Å². The van der Waals surface area contributed by atoms with Gasteiger partial charge in [0.2, 0.25) is 11.9 Å². The third kappa shape index (κ3) is 4.12. The molecule has 0 saturated heterocycles. The molecule has 0 spiro atoms. The number of nitrogens with two attached hydrogens (primary N) is 2. The summed E-state index contributed by atoms with van der Waals surface area (Å²) in [5.41, 5.74) is 10.9. The van der Waals surface area contributed by atoms with Gasteiger partial charge in [-0.3, -0.25) is 4.79 Å². The summed E-state index contributed by atoms with van der Waals surface area (Å²) in [4.78, 5) is 18.2. The molecule has 0 aliphatic heterocycles. The molecular weight excluding hydrogens is 196 g/mol. The number of amides is 1. The summed E-state index contributed by atoms with van der Waals surface area (Å²) in [5, 5.41) is 5.59. The van der Waals surface area contributed by atoms with Crippen molar-refractivity contribution in [1.82, 2.24) is 15.3 Å². The van der Waals surface area contributed by atoms with Gasteiger partial charge in [-0.05, 0) is 0 Å². The summed E-state index contributed by atoms with van der Waals surface area (Å²) in [6.45, 7) is 2.52. The summed E-state index contributed by atoms with van der Waals surface area (Å²) >= 11 is 0. The summed E-state index contributed by atoms with van der Waals surface area (Å²) in [6.07, 6.45) is 0. The minimum Gasteiger partial charge on any atom is -0.383 e. The second-order valence-electron chi connectivity index (χ2n) is 2.95. The van der Waals surface area contributed by atoms with E-state index in [1.807, 2.05) is 0 Å². The van der Waals surface area contributed by atoms with Crippen LogP contribution in [0.25, 0.3) is 0 Å². The molecule has 15 heavy (non-hydrogen) atoms. The van der Waals surface area contributed by atoms with Crippen LogP contribution in [-0.4, -0.2) is 29.0 Å². The van der Waals surface area contributed by atoms with Gasteiger partial charge in [-0.15, -0.1) is 0 Å². The molecule has 7 nitrogen and oxygen atoms in total. The van der Waals surface area contributed by atoms with Gasteiger partial charge in [0, 0.05) is 26.1 Å². The fourth-order valence-electron chi connectivity index (χ4n) is 1.00. The van der Waals surface area contributed by atoms with E-state index in [0.717, 1.165) is 0 Å². The van der Waals surface area contributed by atoms with Gasteiger partial charge >= 0.3 is 0 Å². The lowest BCUT2D eigenvalue weighted by Crippen LogP contribution is -2.26. The lowest BCUT2D eigenvalue weighted by atomic mass is 10.5. The number of nitrogens with one attached hydrogen (secondary N) is 2. The standard InChI is InChI=1S/C8H14N6O/c1-5(15)11-2-3-12-7-4-6(9)13-8(10)14-7/h4H,2-3H2,1H3,(H,11,15)(H5,9,10,12,13,14). The molecule has 1 aromatic rings. The van der Waals surface area contributed by atoms with Crippen LogP contribution in [0.3, 0.4) is 0 Å². The maximum atomic E-state index is 10.6. The molecule has 0 aliphatic rings. The van der Waals surface area contributed by atoms with Gasteiger partial charge in [-0.25, -0.2) is 0 Å². The number of hydrogen-bond acceptors (Lipinski definition) is 6. The maximum Gasteiger partial charge on any atom is 0.223 e. The molecule has 0 atom stereocenters. The Balaban J connectivity index is 2.40. The topological polar surface area (TPSA) is 119 Å². The zero-order valence-electron chi connectivity index (χ0n) is 8.45. The van der Waals surface area contributed by atoms with Crippen molar-refractivity contribution in [2.24, 2.45) is 0 Å². The van der Waals surface area contributed by atoms with Crippen molar-refractivity contribution in [3.63, 3.8) is 0 Å². The molecule has 0 saturated carbocycles. The molecule has 6 N–H and O–H groups in total. The van der Waals surface area contributed by atoms with Crippen LogP contribution < -0.4 is 22.1 Å². The van der Waals surface area contributed by atoms with Crippen LogP contribution >= 0.6 is 0 Å². The van der Waals surface area contributed by atoms with Gasteiger partial charge in [-0.2, -0.15) is 9.97 Å². The highest BCUT2D eigenvalue weighted by Gasteiger charge is 1.98. The molecule has 1 heterocycles. The van der Waals surface area contributed by atoms with E-state index in [1.54, 1.807) is 6.07 Å².